The third kappa shape index (κ3) is 4.46. The van der Waals surface area contributed by atoms with E-state index in [1.807, 2.05) is 42.5 Å². The Balaban J connectivity index is 1.31. The van der Waals surface area contributed by atoms with Gasteiger partial charge in [-0.15, -0.1) is 0 Å². The minimum Gasteiger partial charge on any atom is -0.454 e. The van der Waals surface area contributed by atoms with Gasteiger partial charge in [-0.2, -0.15) is 0 Å². The van der Waals surface area contributed by atoms with Crippen molar-refractivity contribution in [2.24, 2.45) is 0 Å². The SMILES string of the molecule is C[C@@H]1CN(Cc2ccc(C(=O)NCc3ccc4c(c3)OCO4)cc2)C[C@H](C)O1. The van der Waals surface area contributed by atoms with E-state index in [2.05, 4.69) is 24.1 Å². The normalized spacial score (nSPS) is 21.5. The predicted octanol–water partition coefficient (Wildman–Crippen LogP) is 2.95. The number of hydrogen-bond donors (Lipinski definition) is 1. The van der Waals surface area contributed by atoms with E-state index in [0.717, 1.165) is 36.7 Å². The molecule has 6 heteroatoms. The molecule has 0 spiro atoms. The summed E-state index contributed by atoms with van der Waals surface area (Å²) in [6.45, 7) is 7.65. The Labute approximate surface area is 165 Å². The van der Waals surface area contributed by atoms with Crippen LogP contribution < -0.4 is 14.8 Å². The molecular formula is C22H26N2O4. The van der Waals surface area contributed by atoms with E-state index in [1.165, 1.54) is 5.56 Å². The second-order valence-corrected chi connectivity index (χ2v) is 7.52. The second kappa shape index (κ2) is 8.20. The fourth-order valence-electron chi connectivity index (χ4n) is 3.77. The first-order chi connectivity index (χ1) is 13.6. The van der Waals surface area contributed by atoms with Gasteiger partial charge < -0.3 is 19.5 Å². The average Bonchev–Trinajstić information content (AvgIpc) is 3.14. The lowest BCUT2D eigenvalue weighted by atomic mass is 10.1. The first-order valence-corrected chi connectivity index (χ1v) is 9.70. The van der Waals surface area contributed by atoms with Crippen molar-refractivity contribution >= 4 is 5.91 Å². The smallest absolute Gasteiger partial charge is 0.251 e. The fourth-order valence-corrected chi connectivity index (χ4v) is 3.77. The number of rotatable bonds is 5. The maximum absolute atomic E-state index is 12.4. The lowest BCUT2D eigenvalue weighted by Crippen LogP contribution is -2.44. The van der Waals surface area contributed by atoms with Crippen LogP contribution in [0.15, 0.2) is 42.5 Å². The van der Waals surface area contributed by atoms with Gasteiger partial charge in [0, 0.05) is 31.7 Å². The van der Waals surface area contributed by atoms with Crippen molar-refractivity contribution in [2.45, 2.75) is 39.1 Å². The number of fused-ring (bicyclic) bond motifs is 1. The standard InChI is InChI=1S/C22H26N2O4/c1-15-11-24(12-16(2)28-15)13-17-3-6-19(7-4-17)22(25)23-10-18-5-8-20-21(9-18)27-14-26-20/h3-9,15-16H,10-14H2,1-2H3,(H,23,25)/t15-,16+. The summed E-state index contributed by atoms with van der Waals surface area (Å²) in [5.74, 6) is 1.38. The van der Waals surface area contributed by atoms with Crippen LogP contribution in [-0.4, -0.2) is 42.9 Å². The quantitative estimate of drug-likeness (QED) is 0.862. The highest BCUT2D eigenvalue weighted by atomic mass is 16.7. The van der Waals surface area contributed by atoms with Crippen molar-refractivity contribution in [3.8, 4) is 11.5 Å². The zero-order valence-electron chi connectivity index (χ0n) is 16.3. The van der Waals surface area contributed by atoms with Crippen LogP contribution in [0.4, 0.5) is 0 Å². The molecule has 148 valence electrons. The van der Waals surface area contributed by atoms with Gasteiger partial charge in [-0.1, -0.05) is 18.2 Å². The molecule has 1 N–H and O–H groups in total. The van der Waals surface area contributed by atoms with Gasteiger partial charge in [0.1, 0.15) is 0 Å². The van der Waals surface area contributed by atoms with Crippen molar-refractivity contribution in [3.63, 3.8) is 0 Å². The molecule has 6 nitrogen and oxygen atoms in total. The number of nitrogens with zero attached hydrogens (tertiary/aromatic N) is 1. The molecule has 1 fully saturated rings. The van der Waals surface area contributed by atoms with Gasteiger partial charge in [-0.05, 0) is 49.2 Å². The van der Waals surface area contributed by atoms with Crippen molar-refractivity contribution < 1.29 is 19.0 Å². The fraction of sp³-hybridized carbons (Fsp3) is 0.409. The lowest BCUT2D eigenvalue weighted by molar-refractivity contribution is -0.0704. The number of amides is 1. The van der Waals surface area contributed by atoms with Gasteiger partial charge >= 0.3 is 0 Å². The number of ether oxygens (including phenoxy) is 3. The molecule has 0 aliphatic carbocycles. The molecule has 0 radical (unpaired) electrons. The van der Waals surface area contributed by atoms with Crippen LogP contribution in [0.2, 0.25) is 0 Å². The summed E-state index contributed by atoms with van der Waals surface area (Å²) in [6, 6.07) is 13.5. The molecule has 0 aromatic heterocycles. The van der Waals surface area contributed by atoms with Crippen molar-refractivity contribution in [1.82, 2.24) is 10.2 Å². The molecule has 2 atom stereocenters. The van der Waals surface area contributed by atoms with Crippen LogP contribution in [0.25, 0.3) is 0 Å². The summed E-state index contributed by atoms with van der Waals surface area (Å²) >= 11 is 0. The van der Waals surface area contributed by atoms with E-state index >= 15 is 0 Å². The van der Waals surface area contributed by atoms with Crippen molar-refractivity contribution in [2.75, 3.05) is 19.9 Å². The molecule has 0 unspecified atom stereocenters. The van der Waals surface area contributed by atoms with Crippen molar-refractivity contribution in [3.05, 3.63) is 59.2 Å². The number of benzene rings is 2. The van der Waals surface area contributed by atoms with Crippen molar-refractivity contribution in [1.29, 1.82) is 0 Å². The minimum absolute atomic E-state index is 0.0853. The van der Waals surface area contributed by atoms with Crippen LogP contribution in [-0.2, 0) is 17.8 Å². The molecule has 2 aliphatic heterocycles. The highest BCUT2D eigenvalue weighted by Gasteiger charge is 2.22. The molecule has 28 heavy (non-hydrogen) atoms. The second-order valence-electron chi connectivity index (χ2n) is 7.52. The molecule has 1 amide bonds. The van der Waals surface area contributed by atoms with Gasteiger partial charge in [-0.25, -0.2) is 0 Å². The molecule has 2 aromatic rings. The maximum atomic E-state index is 12.4. The Bertz CT molecular complexity index is 827. The van der Waals surface area contributed by atoms with Crippen LogP contribution in [0.3, 0.4) is 0 Å². The minimum atomic E-state index is -0.0853. The largest absolute Gasteiger partial charge is 0.454 e. The van der Waals surface area contributed by atoms with E-state index < -0.39 is 0 Å². The summed E-state index contributed by atoms with van der Waals surface area (Å²) in [4.78, 5) is 14.8. The van der Waals surface area contributed by atoms with Gasteiger partial charge in [0.15, 0.2) is 11.5 Å². The van der Waals surface area contributed by atoms with Crippen LogP contribution in [0.1, 0.15) is 35.3 Å². The molecule has 2 aromatic carbocycles. The Morgan fingerprint density at radius 1 is 1.00 bits per heavy atom. The summed E-state index contributed by atoms with van der Waals surface area (Å²) < 4.78 is 16.5. The third-order valence-corrected chi connectivity index (χ3v) is 5.01. The molecule has 0 bridgehead atoms. The molecule has 2 aliphatic rings. The van der Waals surface area contributed by atoms with E-state index in [4.69, 9.17) is 14.2 Å². The summed E-state index contributed by atoms with van der Waals surface area (Å²) in [7, 11) is 0. The Morgan fingerprint density at radius 3 is 2.43 bits per heavy atom. The van der Waals surface area contributed by atoms with Gasteiger partial charge in [0.05, 0.1) is 12.2 Å². The van der Waals surface area contributed by atoms with Crippen LogP contribution in [0, 0.1) is 0 Å². The molecular weight excluding hydrogens is 356 g/mol. The molecule has 1 saturated heterocycles. The topological polar surface area (TPSA) is 60.0 Å². The van der Waals surface area contributed by atoms with Gasteiger partial charge in [0.25, 0.3) is 5.91 Å². The zero-order valence-corrected chi connectivity index (χ0v) is 16.3. The van der Waals surface area contributed by atoms with E-state index in [1.54, 1.807) is 0 Å². The van der Waals surface area contributed by atoms with Gasteiger partial charge in [-0.3, -0.25) is 9.69 Å². The number of carbonyl (C=O) groups excluding carboxylic acids is 1. The monoisotopic (exact) mass is 382 g/mol. The van der Waals surface area contributed by atoms with E-state index in [9.17, 15) is 4.79 Å². The Hall–Kier alpha value is -2.57. The Kier molecular flexibility index (Phi) is 5.50. The van der Waals surface area contributed by atoms with Crippen LogP contribution >= 0.6 is 0 Å². The molecule has 2 heterocycles. The number of hydrogen-bond acceptors (Lipinski definition) is 5. The highest BCUT2D eigenvalue weighted by molar-refractivity contribution is 5.94. The third-order valence-electron chi connectivity index (χ3n) is 5.01. The highest BCUT2D eigenvalue weighted by Crippen LogP contribution is 2.32. The number of nitrogens with one attached hydrogen (secondary N) is 1. The van der Waals surface area contributed by atoms with E-state index in [-0.39, 0.29) is 24.9 Å². The first kappa shape index (κ1) is 18.8. The summed E-state index contributed by atoms with van der Waals surface area (Å²) in [5.41, 5.74) is 2.84. The van der Waals surface area contributed by atoms with Gasteiger partial charge in [0.2, 0.25) is 6.79 Å². The zero-order chi connectivity index (χ0) is 19.5. The first-order valence-electron chi connectivity index (χ1n) is 9.70. The van der Waals surface area contributed by atoms with E-state index in [0.29, 0.717) is 12.1 Å². The predicted molar refractivity (Wildman–Crippen MR) is 105 cm³/mol. The Morgan fingerprint density at radius 2 is 1.68 bits per heavy atom. The summed E-state index contributed by atoms with van der Waals surface area (Å²) in [6.07, 6.45) is 0.509. The summed E-state index contributed by atoms with van der Waals surface area (Å²) in [5, 5.41) is 2.96. The molecule has 0 saturated carbocycles. The number of morpholine rings is 1. The van der Waals surface area contributed by atoms with Crippen LogP contribution in [0.5, 0.6) is 11.5 Å². The number of carbonyl (C=O) groups is 1. The average molecular weight is 382 g/mol. The molecule has 4 rings (SSSR count). The lowest BCUT2D eigenvalue weighted by Gasteiger charge is -2.35. The maximum Gasteiger partial charge on any atom is 0.251 e.